The van der Waals surface area contributed by atoms with Crippen LogP contribution in [-0.4, -0.2) is 24.9 Å². The molecule has 0 aliphatic carbocycles. The van der Waals surface area contributed by atoms with E-state index in [9.17, 15) is 4.79 Å². The normalized spacial score (nSPS) is 21.5. The van der Waals surface area contributed by atoms with Gasteiger partial charge in [0.1, 0.15) is 5.54 Å². The van der Waals surface area contributed by atoms with Crippen molar-refractivity contribution in [2.24, 2.45) is 0 Å². The zero-order chi connectivity index (χ0) is 13.7. The van der Waals surface area contributed by atoms with Gasteiger partial charge < -0.3 is 4.74 Å². The lowest BCUT2D eigenvalue weighted by molar-refractivity contribution is -0.152. The topological polar surface area (TPSA) is 38.3 Å². The molecule has 1 N–H and O–H groups in total. The summed E-state index contributed by atoms with van der Waals surface area (Å²) in [6, 6.07) is 8.03. The average Bonchev–Trinajstić information content (AvgIpc) is 2.45. The highest BCUT2D eigenvalue weighted by Crippen LogP contribution is 2.40. The average molecular weight is 277 g/mol. The zero-order valence-electron chi connectivity index (χ0n) is 11.1. The first-order chi connectivity index (χ1) is 9.24. The third-order valence-corrected chi connectivity index (χ3v) is 4.33. The lowest BCUT2D eigenvalue weighted by Crippen LogP contribution is -2.52. The first-order valence-electron chi connectivity index (χ1n) is 6.50. The fourth-order valence-electron chi connectivity index (χ4n) is 2.36. The minimum atomic E-state index is -0.730. The molecule has 1 aromatic carbocycles. The van der Waals surface area contributed by atoms with Gasteiger partial charge in [-0.25, -0.2) is 4.79 Å². The molecule has 1 heterocycles. The highest BCUT2D eigenvalue weighted by Gasteiger charge is 2.44. The molecule has 1 unspecified atom stereocenters. The number of carbonyl (C=O) groups is 1. The second kappa shape index (κ2) is 6.26. The van der Waals surface area contributed by atoms with Crippen molar-refractivity contribution < 1.29 is 9.53 Å². The Morgan fingerprint density at radius 2 is 2.37 bits per heavy atom. The van der Waals surface area contributed by atoms with E-state index in [-0.39, 0.29) is 5.97 Å². The monoisotopic (exact) mass is 277 g/mol. The summed E-state index contributed by atoms with van der Waals surface area (Å²) in [5.74, 6) is 0.713. The van der Waals surface area contributed by atoms with Gasteiger partial charge >= 0.3 is 5.97 Å². The van der Waals surface area contributed by atoms with Crippen LogP contribution in [0.25, 0.3) is 0 Å². The predicted molar refractivity (Wildman–Crippen MR) is 78.3 cm³/mol. The molecule has 4 heteroatoms. The molecule has 19 heavy (non-hydrogen) atoms. The molecule has 1 atom stereocenters. The van der Waals surface area contributed by atoms with Crippen molar-refractivity contribution in [2.75, 3.05) is 18.9 Å². The Morgan fingerprint density at radius 3 is 3.11 bits per heavy atom. The lowest BCUT2D eigenvalue weighted by Gasteiger charge is -2.37. The molecule has 0 amide bonds. The number of ether oxygens (including phenoxy) is 1. The van der Waals surface area contributed by atoms with Crippen LogP contribution in [-0.2, 0) is 15.1 Å². The summed E-state index contributed by atoms with van der Waals surface area (Å²) in [6.07, 6.45) is 2.51. The fourth-order valence-corrected chi connectivity index (χ4v) is 3.56. The second-order valence-corrected chi connectivity index (χ2v) is 5.53. The van der Waals surface area contributed by atoms with Crippen LogP contribution in [0.15, 0.2) is 41.8 Å². The van der Waals surface area contributed by atoms with Gasteiger partial charge in [0.05, 0.1) is 6.61 Å². The third kappa shape index (κ3) is 2.69. The van der Waals surface area contributed by atoms with E-state index in [4.69, 9.17) is 4.74 Å². The van der Waals surface area contributed by atoms with Crippen molar-refractivity contribution >= 4 is 17.7 Å². The van der Waals surface area contributed by atoms with Gasteiger partial charge in [-0.05, 0) is 25.0 Å². The number of hydrogen-bond donors (Lipinski definition) is 1. The zero-order valence-corrected chi connectivity index (χ0v) is 12.0. The Hall–Kier alpha value is -1.26. The maximum Gasteiger partial charge on any atom is 0.331 e. The number of rotatable bonds is 5. The second-order valence-electron chi connectivity index (χ2n) is 4.39. The summed E-state index contributed by atoms with van der Waals surface area (Å²) in [5.41, 5.74) is 0.290. The highest BCUT2D eigenvalue weighted by molar-refractivity contribution is 7.99. The van der Waals surface area contributed by atoms with Crippen molar-refractivity contribution in [1.29, 1.82) is 0 Å². The predicted octanol–water partition coefficient (Wildman–Crippen LogP) is 2.72. The van der Waals surface area contributed by atoms with Crippen molar-refractivity contribution in [3.8, 4) is 0 Å². The van der Waals surface area contributed by atoms with Crippen LogP contribution in [0.5, 0.6) is 0 Å². The highest BCUT2D eigenvalue weighted by atomic mass is 32.2. The molecule has 1 aromatic rings. The maximum atomic E-state index is 12.5. The van der Waals surface area contributed by atoms with Gasteiger partial charge in [0, 0.05) is 17.2 Å². The summed E-state index contributed by atoms with van der Waals surface area (Å²) in [5, 5.41) is 3.32. The number of thioether (sulfide) groups is 1. The smallest absolute Gasteiger partial charge is 0.331 e. The molecule has 0 fully saturated rings. The van der Waals surface area contributed by atoms with Crippen molar-refractivity contribution in [3.63, 3.8) is 0 Å². The lowest BCUT2D eigenvalue weighted by atomic mass is 9.86. The number of hydrogen-bond acceptors (Lipinski definition) is 4. The van der Waals surface area contributed by atoms with Crippen LogP contribution in [0.2, 0.25) is 0 Å². The van der Waals surface area contributed by atoms with E-state index in [2.05, 4.69) is 18.0 Å². The SMILES string of the molecule is C=CCNC1(C(=O)OCC)CCSc2ccccc21. The molecule has 0 radical (unpaired) electrons. The Kier molecular flexibility index (Phi) is 4.66. The largest absolute Gasteiger partial charge is 0.464 e. The van der Waals surface area contributed by atoms with E-state index in [1.54, 1.807) is 17.8 Å². The first kappa shape index (κ1) is 14.2. The molecule has 1 aliphatic rings. The Morgan fingerprint density at radius 1 is 1.58 bits per heavy atom. The number of nitrogens with one attached hydrogen (secondary N) is 1. The molecule has 0 saturated heterocycles. The fraction of sp³-hybridized carbons (Fsp3) is 0.400. The molecule has 102 valence electrons. The number of benzene rings is 1. The van der Waals surface area contributed by atoms with E-state index < -0.39 is 5.54 Å². The van der Waals surface area contributed by atoms with Gasteiger partial charge in [0.15, 0.2) is 0 Å². The molecule has 2 rings (SSSR count). The number of fused-ring (bicyclic) bond motifs is 1. The van der Waals surface area contributed by atoms with E-state index in [0.29, 0.717) is 13.2 Å². The van der Waals surface area contributed by atoms with Crippen LogP contribution in [0.3, 0.4) is 0 Å². The van der Waals surface area contributed by atoms with Gasteiger partial charge in [-0.15, -0.1) is 18.3 Å². The molecular formula is C15H19NO2S. The van der Waals surface area contributed by atoms with E-state index in [1.807, 2.05) is 25.1 Å². The number of carbonyl (C=O) groups excluding carboxylic acids is 1. The van der Waals surface area contributed by atoms with Crippen LogP contribution >= 0.6 is 11.8 Å². The summed E-state index contributed by atoms with van der Waals surface area (Å²) in [7, 11) is 0. The Labute approximate surface area is 118 Å². The molecule has 1 aliphatic heterocycles. The molecule has 0 aromatic heterocycles. The minimum Gasteiger partial charge on any atom is -0.464 e. The van der Waals surface area contributed by atoms with Crippen molar-refractivity contribution in [1.82, 2.24) is 5.32 Å². The van der Waals surface area contributed by atoms with Crippen LogP contribution in [0.4, 0.5) is 0 Å². The molecule has 0 spiro atoms. The van der Waals surface area contributed by atoms with Crippen LogP contribution < -0.4 is 5.32 Å². The van der Waals surface area contributed by atoms with Gasteiger partial charge in [0.25, 0.3) is 0 Å². The molecule has 3 nitrogen and oxygen atoms in total. The Balaban J connectivity index is 2.43. The summed E-state index contributed by atoms with van der Waals surface area (Å²) < 4.78 is 5.29. The van der Waals surface area contributed by atoms with E-state index >= 15 is 0 Å². The summed E-state index contributed by atoms with van der Waals surface area (Å²) in [4.78, 5) is 13.6. The summed E-state index contributed by atoms with van der Waals surface area (Å²) >= 11 is 1.79. The third-order valence-electron chi connectivity index (χ3n) is 3.25. The van der Waals surface area contributed by atoms with Crippen LogP contribution in [0, 0.1) is 0 Å². The molecule has 0 saturated carbocycles. The Bertz CT molecular complexity index is 475. The van der Waals surface area contributed by atoms with Gasteiger partial charge in [-0.3, -0.25) is 5.32 Å². The molecule has 0 bridgehead atoms. The number of esters is 1. The standard InChI is InChI=1S/C15H19NO2S/c1-3-10-16-15(14(17)18-4-2)9-11-19-13-8-6-5-7-12(13)15/h3,5-8,16H,1,4,9-11H2,2H3. The maximum absolute atomic E-state index is 12.5. The van der Waals surface area contributed by atoms with Gasteiger partial charge in [-0.2, -0.15) is 0 Å². The van der Waals surface area contributed by atoms with Gasteiger partial charge in [0.2, 0.25) is 0 Å². The summed E-state index contributed by atoms with van der Waals surface area (Å²) in [6.45, 7) is 6.53. The van der Waals surface area contributed by atoms with E-state index in [0.717, 1.165) is 22.6 Å². The van der Waals surface area contributed by atoms with E-state index in [1.165, 1.54) is 0 Å². The first-order valence-corrected chi connectivity index (χ1v) is 7.48. The minimum absolute atomic E-state index is 0.190. The van der Waals surface area contributed by atoms with Crippen LogP contribution in [0.1, 0.15) is 18.9 Å². The van der Waals surface area contributed by atoms with Crippen molar-refractivity contribution in [3.05, 3.63) is 42.5 Å². The van der Waals surface area contributed by atoms with Gasteiger partial charge in [-0.1, -0.05) is 24.3 Å². The quantitative estimate of drug-likeness (QED) is 0.663. The van der Waals surface area contributed by atoms with Crippen molar-refractivity contribution in [2.45, 2.75) is 23.8 Å². The molecular weight excluding hydrogens is 258 g/mol.